The van der Waals surface area contributed by atoms with E-state index in [1.54, 1.807) is 12.1 Å². The summed E-state index contributed by atoms with van der Waals surface area (Å²) >= 11 is 9.28. The fourth-order valence-electron chi connectivity index (χ4n) is 2.06. The van der Waals surface area contributed by atoms with E-state index in [-0.39, 0.29) is 12.0 Å². The third-order valence-electron chi connectivity index (χ3n) is 3.17. The molecule has 1 aliphatic rings. The molecular formula is C13H15BrClNO2. The maximum Gasteiger partial charge on any atom is 0.227 e. The summed E-state index contributed by atoms with van der Waals surface area (Å²) in [4.78, 5) is 13.9. The quantitative estimate of drug-likeness (QED) is 0.904. The average molecular weight is 333 g/mol. The van der Waals surface area contributed by atoms with Gasteiger partial charge in [0.25, 0.3) is 0 Å². The van der Waals surface area contributed by atoms with Crippen molar-refractivity contribution >= 4 is 33.4 Å². The number of carbonyl (C=O) groups excluding carboxylic acids is 1. The molecule has 18 heavy (non-hydrogen) atoms. The summed E-state index contributed by atoms with van der Waals surface area (Å²) in [6.45, 7) is 1.29. The minimum Gasteiger partial charge on any atom is -0.393 e. The van der Waals surface area contributed by atoms with Gasteiger partial charge in [0.2, 0.25) is 5.91 Å². The normalized spacial score (nSPS) is 16.9. The Bertz CT molecular complexity index is 445. The Kier molecular flexibility index (Phi) is 4.65. The van der Waals surface area contributed by atoms with Gasteiger partial charge < -0.3 is 10.0 Å². The van der Waals surface area contributed by atoms with E-state index in [9.17, 15) is 9.90 Å². The first-order valence-electron chi connectivity index (χ1n) is 5.96. The monoisotopic (exact) mass is 331 g/mol. The van der Waals surface area contributed by atoms with Gasteiger partial charge >= 0.3 is 0 Å². The third-order valence-corrected chi connectivity index (χ3v) is 4.15. The topological polar surface area (TPSA) is 40.5 Å². The first-order chi connectivity index (χ1) is 8.56. The van der Waals surface area contributed by atoms with Crippen LogP contribution in [-0.2, 0) is 11.2 Å². The molecule has 98 valence electrons. The number of likely N-dealkylation sites (tertiary alicyclic amines) is 1. The number of aliphatic hydroxyl groups is 1. The number of amides is 1. The van der Waals surface area contributed by atoms with Crippen molar-refractivity contribution in [3.05, 3.63) is 33.3 Å². The molecule has 2 rings (SSSR count). The summed E-state index contributed by atoms with van der Waals surface area (Å²) in [6, 6.07) is 5.45. The highest BCUT2D eigenvalue weighted by atomic mass is 79.9. The summed E-state index contributed by atoms with van der Waals surface area (Å²) in [5.74, 6) is 0.102. The molecule has 1 fully saturated rings. The molecule has 5 heteroatoms. The van der Waals surface area contributed by atoms with E-state index in [0.29, 0.717) is 37.4 Å². The molecule has 1 aromatic rings. The summed E-state index contributed by atoms with van der Waals surface area (Å²) in [7, 11) is 0. The molecule has 1 amide bonds. The van der Waals surface area contributed by atoms with Crippen LogP contribution >= 0.6 is 27.5 Å². The van der Waals surface area contributed by atoms with Gasteiger partial charge in [-0.15, -0.1) is 0 Å². The fourth-order valence-corrected chi connectivity index (χ4v) is 2.88. The van der Waals surface area contributed by atoms with Crippen LogP contribution in [0.25, 0.3) is 0 Å². The fraction of sp³-hybridized carbons (Fsp3) is 0.462. The van der Waals surface area contributed by atoms with Gasteiger partial charge in [-0.1, -0.05) is 33.6 Å². The minimum absolute atomic E-state index is 0.102. The molecule has 0 aromatic heterocycles. The number of carbonyl (C=O) groups is 1. The first kappa shape index (κ1) is 13.8. The Morgan fingerprint density at radius 1 is 1.44 bits per heavy atom. The maximum atomic E-state index is 12.1. The second-order valence-corrected chi connectivity index (χ2v) is 5.82. The van der Waals surface area contributed by atoms with Crippen molar-refractivity contribution in [3.8, 4) is 0 Å². The van der Waals surface area contributed by atoms with Crippen molar-refractivity contribution < 1.29 is 9.90 Å². The van der Waals surface area contributed by atoms with Crippen molar-refractivity contribution in [3.63, 3.8) is 0 Å². The molecule has 0 atom stereocenters. The number of piperidine rings is 1. The van der Waals surface area contributed by atoms with Crippen molar-refractivity contribution in [2.45, 2.75) is 25.4 Å². The number of hydrogen-bond acceptors (Lipinski definition) is 2. The predicted octanol–water partition coefficient (Wildman–Crippen LogP) is 2.63. The standard InChI is InChI=1S/C13H15BrClNO2/c14-12-8-10(15)2-1-9(12)7-13(18)16-5-3-11(17)4-6-16/h1-2,8,11,17H,3-7H2. The number of aliphatic hydroxyl groups excluding tert-OH is 1. The molecular weight excluding hydrogens is 318 g/mol. The van der Waals surface area contributed by atoms with Gasteiger partial charge in [0.1, 0.15) is 0 Å². The summed E-state index contributed by atoms with van der Waals surface area (Å²) in [5.41, 5.74) is 0.940. The second-order valence-electron chi connectivity index (χ2n) is 4.52. The number of benzene rings is 1. The summed E-state index contributed by atoms with van der Waals surface area (Å²) in [6.07, 6.45) is 1.46. The molecule has 3 nitrogen and oxygen atoms in total. The largest absolute Gasteiger partial charge is 0.393 e. The number of nitrogens with zero attached hydrogens (tertiary/aromatic N) is 1. The van der Waals surface area contributed by atoms with Crippen LogP contribution in [0.4, 0.5) is 0 Å². The molecule has 1 heterocycles. The Labute approximate surface area is 120 Å². The van der Waals surface area contributed by atoms with Gasteiger partial charge in [0.05, 0.1) is 12.5 Å². The molecule has 0 spiro atoms. The van der Waals surface area contributed by atoms with Gasteiger partial charge in [0, 0.05) is 22.6 Å². The summed E-state index contributed by atoms with van der Waals surface area (Å²) < 4.78 is 0.861. The van der Waals surface area contributed by atoms with E-state index in [2.05, 4.69) is 15.9 Å². The van der Waals surface area contributed by atoms with E-state index < -0.39 is 0 Å². The Morgan fingerprint density at radius 2 is 2.11 bits per heavy atom. The van der Waals surface area contributed by atoms with Crippen molar-refractivity contribution in [1.29, 1.82) is 0 Å². The third kappa shape index (κ3) is 3.46. The van der Waals surface area contributed by atoms with Crippen molar-refractivity contribution in [2.24, 2.45) is 0 Å². The zero-order valence-electron chi connectivity index (χ0n) is 9.90. The highest BCUT2D eigenvalue weighted by molar-refractivity contribution is 9.10. The predicted molar refractivity (Wildman–Crippen MR) is 74.7 cm³/mol. The van der Waals surface area contributed by atoms with Crippen LogP contribution < -0.4 is 0 Å². The second kappa shape index (κ2) is 6.04. The van der Waals surface area contributed by atoms with Crippen LogP contribution in [-0.4, -0.2) is 35.1 Å². The van der Waals surface area contributed by atoms with E-state index in [0.717, 1.165) is 10.0 Å². The van der Waals surface area contributed by atoms with Gasteiger partial charge in [-0.3, -0.25) is 4.79 Å². The molecule has 1 aromatic carbocycles. The molecule has 1 aliphatic heterocycles. The Balaban J connectivity index is 1.98. The molecule has 1 N–H and O–H groups in total. The molecule has 0 saturated carbocycles. The van der Waals surface area contributed by atoms with Crippen molar-refractivity contribution in [2.75, 3.05) is 13.1 Å². The molecule has 0 aliphatic carbocycles. The zero-order chi connectivity index (χ0) is 13.1. The van der Waals surface area contributed by atoms with Crippen LogP contribution in [0.5, 0.6) is 0 Å². The van der Waals surface area contributed by atoms with Gasteiger partial charge in [-0.05, 0) is 30.5 Å². The van der Waals surface area contributed by atoms with Crippen LogP contribution in [0.15, 0.2) is 22.7 Å². The highest BCUT2D eigenvalue weighted by Gasteiger charge is 2.21. The van der Waals surface area contributed by atoms with Crippen LogP contribution in [0.1, 0.15) is 18.4 Å². The first-order valence-corrected chi connectivity index (χ1v) is 7.13. The molecule has 0 unspecified atom stereocenters. The SMILES string of the molecule is O=C(Cc1ccc(Cl)cc1Br)N1CCC(O)CC1. The molecule has 0 radical (unpaired) electrons. The summed E-state index contributed by atoms with van der Waals surface area (Å²) in [5, 5.41) is 10.1. The number of halogens is 2. The number of hydrogen-bond donors (Lipinski definition) is 1. The Morgan fingerprint density at radius 3 is 2.72 bits per heavy atom. The molecule has 0 bridgehead atoms. The lowest BCUT2D eigenvalue weighted by Crippen LogP contribution is -2.40. The minimum atomic E-state index is -0.253. The lowest BCUT2D eigenvalue weighted by molar-refractivity contribution is -0.132. The lowest BCUT2D eigenvalue weighted by atomic mass is 10.1. The smallest absolute Gasteiger partial charge is 0.227 e. The van der Waals surface area contributed by atoms with E-state index in [1.165, 1.54) is 0 Å². The molecule has 1 saturated heterocycles. The van der Waals surface area contributed by atoms with E-state index in [1.807, 2.05) is 11.0 Å². The van der Waals surface area contributed by atoms with Gasteiger partial charge in [0.15, 0.2) is 0 Å². The van der Waals surface area contributed by atoms with Gasteiger partial charge in [-0.2, -0.15) is 0 Å². The average Bonchev–Trinajstić information content (AvgIpc) is 2.33. The van der Waals surface area contributed by atoms with Crippen LogP contribution in [0.2, 0.25) is 5.02 Å². The van der Waals surface area contributed by atoms with Crippen LogP contribution in [0, 0.1) is 0 Å². The lowest BCUT2D eigenvalue weighted by Gasteiger charge is -2.29. The van der Waals surface area contributed by atoms with E-state index >= 15 is 0 Å². The zero-order valence-corrected chi connectivity index (χ0v) is 12.2. The van der Waals surface area contributed by atoms with Crippen LogP contribution in [0.3, 0.4) is 0 Å². The van der Waals surface area contributed by atoms with Crippen molar-refractivity contribution in [1.82, 2.24) is 4.90 Å². The van der Waals surface area contributed by atoms with E-state index in [4.69, 9.17) is 11.6 Å². The maximum absolute atomic E-state index is 12.1. The van der Waals surface area contributed by atoms with Gasteiger partial charge in [-0.25, -0.2) is 0 Å². The highest BCUT2D eigenvalue weighted by Crippen LogP contribution is 2.23. The Hall–Kier alpha value is -0.580. The number of rotatable bonds is 2.